The van der Waals surface area contributed by atoms with E-state index in [-0.39, 0.29) is 21.8 Å². The third-order valence-corrected chi connectivity index (χ3v) is 6.40. The molecule has 0 unspecified atom stereocenters. The van der Waals surface area contributed by atoms with Crippen LogP contribution in [-0.2, 0) is 0 Å². The molecule has 0 saturated carbocycles. The summed E-state index contributed by atoms with van der Waals surface area (Å²) in [6.45, 7) is 3.85. The quantitative estimate of drug-likeness (QED) is 0.426. The number of aromatic amines is 1. The van der Waals surface area contributed by atoms with E-state index in [0.29, 0.717) is 16.9 Å². The summed E-state index contributed by atoms with van der Waals surface area (Å²) in [5.41, 5.74) is 1.32. The van der Waals surface area contributed by atoms with Gasteiger partial charge in [-0.25, -0.2) is 13.9 Å². The largest absolute Gasteiger partial charge is 0.368 e. The number of piperazine rings is 1. The lowest BCUT2D eigenvalue weighted by Crippen LogP contribution is -2.44. The Morgan fingerprint density at radius 1 is 1.09 bits per heavy atom. The average molecular weight is 491 g/mol. The molecule has 0 spiro atoms. The molecule has 3 heterocycles. The van der Waals surface area contributed by atoms with Gasteiger partial charge in [-0.15, -0.1) is 0 Å². The number of hydrogen-bond acceptors (Lipinski definition) is 6. The number of anilines is 2. The van der Waals surface area contributed by atoms with Gasteiger partial charge < -0.3 is 20.1 Å². The number of nitrogens with one attached hydrogen (secondary N) is 2. The van der Waals surface area contributed by atoms with E-state index in [1.165, 1.54) is 24.3 Å². The van der Waals surface area contributed by atoms with Crippen molar-refractivity contribution in [2.24, 2.45) is 0 Å². The Bertz CT molecular complexity index is 1520. The molecule has 1 fully saturated rings. The third kappa shape index (κ3) is 4.58. The summed E-state index contributed by atoms with van der Waals surface area (Å²) in [7, 11) is 2.10. The molecule has 0 aliphatic carbocycles. The summed E-state index contributed by atoms with van der Waals surface area (Å²) in [4.78, 5) is 37.8. The molecule has 2 N–H and O–H groups in total. The molecule has 0 bridgehead atoms. The maximum atomic E-state index is 14.3. The Morgan fingerprint density at radius 3 is 2.57 bits per heavy atom. The maximum absolute atomic E-state index is 14.3. The molecule has 5 rings (SSSR count). The number of amides is 1. The highest BCUT2D eigenvalue weighted by atomic mass is 32.1. The van der Waals surface area contributed by atoms with Crippen molar-refractivity contribution in [2.75, 3.05) is 43.4 Å². The van der Waals surface area contributed by atoms with Crippen molar-refractivity contribution in [1.29, 1.82) is 0 Å². The zero-order chi connectivity index (χ0) is 24.5. The van der Waals surface area contributed by atoms with Crippen LogP contribution in [0.5, 0.6) is 0 Å². The first-order valence-corrected chi connectivity index (χ1v) is 11.6. The van der Waals surface area contributed by atoms with Gasteiger partial charge in [-0.2, -0.15) is 0 Å². The first-order valence-electron chi connectivity index (χ1n) is 11.2. The molecule has 1 aliphatic rings. The van der Waals surface area contributed by atoms with Crippen LogP contribution >= 0.6 is 12.2 Å². The van der Waals surface area contributed by atoms with Gasteiger partial charge in [0.25, 0.3) is 11.5 Å². The minimum atomic E-state index is -0.560. The molecular weight excluding hydrogens is 467 g/mol. The van der Waals surface area contributed by atoms with Gasteiger partial charge in [-0.1, -0.05) is 12.1 Å². The van der Waals surface area contributed by atoms with Crippen LogP contribution in [0.2, 0.25) is 0 Å². The van der Waals surface area contributed by atoms with Crippen LogP contribution in [0.4, 0.5) is 15.9 Å². The van der Waals surface area contributed by atoms with Crippen molar-refractivity contribution in [3.05, 3.63) is 87.3 Å². The molecule has 1 aliphatic heterocycles. The monoisotopic (exact) mass is 490 g/mol. The van der Waals surface area contributed by atoms with Gasteiger partial charge in [0.1, 0.15) is 11.6 Å². The molecule has 178 valence electrons. The normalized spacial score (nSPS) is 14.3. The van der Waals surface area contributed by atoms with E-state index in [0.717, 1.165) is 36.4 Å². The number of hydrogen-bond donors (Lipinski definition) is 2. The third-order valence-electron chi connectivity index (χ3n) is 6.11. The molecule has 0 radical (unpaired) electrons. The second kappa shape index (κ2) is 9.40. The molecule has 2 aromatic heterocycles. The molecule has 10 heteroatoms. The summed E-state index contributed by atoms with van der Waals surface area (Å²) >= 11 is 5.32. The number of halogens is 1. The number of carbonyl (C=O) groups excluding carboxylic acids is 1. The first kappa shape index (κ1) is 22.9. The van der Waals surface area contributed by atoms with Gasteiger partial charge in [0.15, 0.2) is 4.77 Å². The van der Waals surface area contributed by atoms with E-state index in [4.69, 9.17) is 12.2 Å². The van der Waals surface area contributed by atoms with E-state index < -0.39 is 11.4 Å². The van der Waals surface area contributed by atoms with Crippen LogP contribution in [-0.4, -0.2) is 58.6 Å². The number of aromatic nitrogens is 3. The lowest BCUT2D eigenvalue weighted by atomic mass is 10.1. The van der Waals surface area contributed by atoms with Crippen LogP contribution in [0.15, 0.2) is 65.6 Å². The van der Waals surface area contributed by atoms with Crippen molar-refractivity contribution in [3.63, 3.8) is 0 Å². The van der Waals surface area contributed by atoms with Gasteiger partial charge in [0, 0.05) is 31.7 Å². The van der Waals surface area contributed by atoms with Crippen LogP contribution in [0.25, 0.3) is 16.6 Å². The van der Waals surface area contributed by atoms with Crippen LogP contribution < -0.4 is 15.8 Å². The van der Waals surface area contributed by atoms with E-state index in [9.17, 15) is 14.0 Å². The number of pyridine rings is 1. The maximum Gasteiger partial charge on any atom is 0.266 e. The molecule has 1 saturated heterocycles. The van der Waals surface area contributed by atoms with Gasteiger partial charge in [-0.3, -0.25) is 9.59 Å². The molecule has 4 aromatic rings. The zero-order valence-electron chi connectivity index (χ0n) is 19.0. The van der Waals surface area contributed by atoms with Crippen molar-refractivity contribution < 1.29 is 9.18 Å². The predicted molar refractivity (Wildman–Crippen MR) is 137 cm³/mol. The average Bonchev–Trinajstić information content (AvgIpc) is 2.86. The SMILES string of the molecule is CN1CCN(c2ccc(NC(=O)c3ccc4c(=O)n(-c5ccccc5F)c(=S)[nH]c4c3)nc2)CC1. The van der Waals surface area contributed by atoms with E-state index in [1.54, 1.807) is 30.5 Å². The predicted octanol–water partition coefficient (Wildman–Crippen LogP) is 3.59. The van der Waals surface area contributed by atoms with Crippen molar-refractivity contribution in [2.45, 2.75) is 0 Å². The number of nitrogens with zero attached hydrogens (tertiary/aromatic N) is 4. The zero-order valence-corrected chi connectivity index (χ0v) is 19.8. The smallest absolute Gasteiger partial charge is 0.266 e. The minimum Gasteiger partial charge on any atom is -0.368 e. The highest BCUT2D eigenvalue weighted by Gasteiger charge is 2.16. The van der Waals surface area contributed by atoms with Crippen LogP contribution in [0, 0.1) is 10.6 Å². The van der Waals surface area contributed by atoms with Gasteiger partial charge >= 0.3 is 0 Å². The number of fused-ring (bicyclic) bond motifs is 1. The van der Waals surface area contributed by atoms with Crippen molar-refractivity contribution >= 4 is 40.5 Å². The second-order valence-corrected chi connectivity index (χ2v) is 8.82. The van der Waals surface area contributed by atoms with Gasteiger partial charge in [0.05, 0.1) is 28.5 Å². The van der Waals surface area contributed by atoms with E-state index in [2.05, 4.69) is 32.1 Å². The summed E-state index contributed by atoms with van der Waals surface area (Å²) in [5.74, 6) is -0.504. The first-order chi connectivity index (χ1) is 16.9. The van der Waals surface area contributed by atoms with Crippen molar-refractivity contribution in [3.8, 4) is 5.69 Å². The Hall–Kier alpha value is -3.89. The lowest BCUT2D eigenvalue weighted by molar-refractivity contribution is 0.102. The Labute approximate surface area is 205 Å². The highest BCUT2D eigenvalue weighted by Crippen LogP contribution is 2.19. The number of para-hydroxylation sites is 1. The van der Waals surface area contributed by atoms with Crippen LogP contribution in [0.1, 0.15) is 10.4 Å². The molecule has 8 nitrogen and oxygen atoms in total. The number of benzene rings is 2. The van der Waals surface area contributed by atoms with Crippen LogP contribution in [0.3, 0.4) is 0 Å². The minimum absolute atomic E-state index is 0.0336. The Balaban J connectivity index is 1.38. The van der Waals surface area contributed by atoms with Gasteiger partial charge in [0.2, 0.25) is 0 Å². The summed E-state index contributed by atoms with van der Waals surface area (Å²) < 4.78 is 15.4. The molecule has 0 atom stereocenters. The molecule has 1 amide bonds. The summed E-state index contributed by atoms with van der Waals surface area (Å²) in [6.07, 6.45) is 1.75. The summed E-state index contributed by atoms with van der Waals surface area (Å²) in [5, 5.41) is 3.07. The molecular formula is C25H23FN6O2S. The van der Waals surface area contributed by atoms with Gasteiger partial charge in [-0.05, 0) is 61.7 Å². The fraction of sp³-hybridized carbons (Fsp3) is 0.200. The Morgan fingerprint density at radius 2 is 1.86 bits per heavy atom. The number of carbonyl (C=O) groups is 1. The fourth-order valence-electron chi connectivity index (χ4n) is 4.11. The summed E-state index contributed by atoms with van der Waals surface area (Å²) in [6, 6.07) is 14.2. The topological polar surface area (TPSA) is 86.3 Å². The highest BCUT2D eigenvalue weighted by molar-refractivity contribution is 7.71. The van der Waals surface area contributed by atoms with Crippen molar-refractivity contribution in [1.82, 2.24) is 19.4 Å². The van der Waals surface area contributed by atoms with E-state index >= 15 is 0 Å². The number of rotatable bonds is 4. The molecule has 2 aromatic carbocycles. The number of H-pyrrole nitrogens is 1. The van der Waals surface area contributed by atoms with E-state index in [1.807, 2.05) is 6.07 Å². The Kier molecular flexibility index (Phi) is 6.14. The standard InChI is InChI=1S/C25H23FN6O2S/c1-30-10-12-31(13-11-30)17-7-9-22(27-15-17)29-23(33)16-6-8-18-20(14-16)28-25(35)32(24(18)34)21-5-3-2-4-19(21)26/h2-9,14-15H,10-13H2,1H3,(H,28,35)(H,27,29,33). The molecule has 35 heavy (non-hydrogen) atoms. The fourth-order valence-corrected chi connectivity index (χ4v) is 4.40. The lowest BCUT2D eigenvalue weighted by Gasteiger charge is -2.33. The second-order valence-electron chi connectivity index (χ2n) is 8.43. The number of likely N-dealkylation sites (N-methyl/N-ethyl adjacent to an activating group) is 1.